The molecule has 0 saturated carbocycles. The maximum Gasteiger partial charge on any atom is 0.251 e. The third-order valence-electron chi connectivity index (χ3n) is 3.18. The fraction of sp³-hybridized carbons (Fsp3) is 0.462. The molecule has 1 heterocycles. The molecule has 0 unspecified atom stereocenters. The molecule has 98 valence electrons. The third-order valence-corrected chi connectivity index (χ3v) is 4.56. The Morgan fingerprint density at radius 3 is 2.67 bits per heavy atom. The van der Waals surface area contributed by atoms with Crippen LogP contribution in [0.4, 0.5) is 0 Å². The standard InChI is InChI=1S/C13H17NO3S/c1-9-8-11(15)2-3-12(9)13(16)14-10-4-6-18(17)7-5-10/h2-3,8,10,15H,4-7H2,1H3,(H,14,16). The number of benzene rings is 1. The van der Waals surface area contributed by atoms with Gasteiger partial charge >= 0.3 is 0 Å². The Morgan fingerprint density at radius 2 is 2.06 bits per heavy atom. The molecule has 4 nitrogen and oxygen atoms in total. The summed E-state index contributed by atoms with van der Waals surface area (Å²) in [4.78, 5) is 12.1. The number of carbonyl (C=O) groups excluding carboxylic acids is 1. The van der Waals surface area contributed by atoms with Crippen molar-refractivity contribution in [3.8, 4) is 5.75 Å². The minimum atomic E-state index is -0.712. The summed E-state index contributed by atoms with van der Waals surface area (Å²) in [5.41, 5.74) is 1.34. The van der Waals surface area contributed by atoms with Gasteiger partial charge in [0.25, 0.3) is 5.91 Å². The van der Waals surface area contributed by atoms with E-state index in [9.17, 15) is 14.1 Å². The molecule has 1 aliphatic rings. The second kappa shape index (κ2) is 5.52. The van der Waals surface area contributed by atoms with Crippen LogP contribution in [0, 0.1) is 6.92 Å². The molecule has 2 N–H and O–H groups in total. The van der Waals surface area contributed by atoms with Crippen LogP contribution >= 0.6 is 0 Å². The molecule has 0 bridgehead atoms. The maximum atomic E-state index is 12.1. The Bertz CT molecular complexity index is 477. The summed E-state index contributed by atoms with van der Waals surface area (Å²) in [7, 11) is -0.712. The van der Waals surface area contributed by atoms with Crippen LogP contribution in [0.25, 0.3) is 0 Å². The lowest BCUT2D eigenvalue weighted by molar-refractivity contribution is 0.0934. The number of aromatic hydroxyl groups is 1. The molecular formula is C13H17NO3S. The number of hydrogen-bond acceptors (Lipinski definition) is 3. The van der Waals surface area contributed by atoms with Crippen molar-refractivity contribution in [1.82, 2.24) is 5.32 Å². The SMILES string of the molecule is Cc1cc(O)ccc1C(=O)NC1CCS(=O)CC1. The molecule has 5 heteroatoms. The number of aryl methyl sites for hydroxylation is 1. The summed E-state index contributed by atoms with van der Waals surface area (Å²) in [6.45, 7) is 1.80. The predicted octanol–water partition coefficient (Wildman–Crippen LogP) is 1.34. The van der Waals surface area contributed by atoms with E-state index in [0.29, 0.717) is 17.1 Å². The van der Waals surface area contributed by atoms with Gasteiger partial charge < -0.3 is 10.4 Å². The quantitative estimate of drug-likeness (QED) is 0.850. The Labute approximate surface area is 109 Å². The summed E-state index contributed by atoms with van der Waals surface area (Å²) in [5.74, 6) is 1.38. The van der Waals surface area contributed by atoms with Crippen LogP contribution in [0.5, 0.6) is 5.75 Å². The summed E-state index contributed by atoms with van der Waals surface area (Å²) in [5, 5.41) is 12.3. The van der Waals surface area contributed by atoms with Gasteiger partial charge in [0.2, 0.25) is 0 Å². The van der Waals surface area contributed by atoms with E-state index in [0.717, 1.165) is 18.4 Å². The highest BCUT2D eigenvalue weighted by Crippen LogP contribution is 2.16. The van der Waals surface area contributed by atoms with Gasteiger partial charge in [-0.3, -0.25) is 9.00 Å². The maximum absolute atomic E-state index is 12.1. The molecule has 1 saturated heterocycles. The van der Waals surface area contributed by atoms with Gasteiger partial charge in [-0.2, -0.15) is 0 Å². The van der Waals surface area contributed by atoms with Crippen molar-refractivity contribution >= 4 is 16.7 Å². The largest absolute Gasteiger partial charge is 0.508 e. The average molecular weight is 267 g/mol. The van der Waals surface area contributed by atoms with Crippen LogP contribution in [0.2, 0.25) is 0 Å². The van der Waals surface area contributed by atoms with E-state index in [4.69, 9.17) is 0 Å². The molecule has 1 aliphatic heterocycles. The smallest absolute Gasteiger partial charge is 0.251 e. The second-order valence-corrected chi connectivity index (χ2v) is 6.29. The first kappa shape index (κ1) is 13.1. The second-order valence-electron chi connectivity index (χ2n) is 4.60. The number of hydrogen-bond donors (Lipinski definition) is 2. The van der Waals surface area contributed by atoms with Gasteiger partial charge in [0.15, 0.2) is 0 Å². The Kier molecular flexibility index (Phi) is 4.01. The molecule has 0 aromatic heterocycles. The van der Waals surface area contributed by atoms with Gasteiger partial charge in [-0.05, 0) is 43.5 Å². The average Bonchev–Trinajstić information content (AvgIpc) is 2.32. The molecule has 1 aromatic carbocycles. The lowest BCUT2D eigenvalue weighted by Crippen LogP contribution is -2.39. The first-order valence-electron chi connectivity index (χ1n) is 6.01. The van der Waals surface area contributed by atoms with Crippen molar-refractivity contribution in [2.45, 2.75) is 25.8 Å². The summed E-state index contributed by atoms with van der Waals surface area (Å²) >= 11 is 0. The number of amides is 1. The van der Waals surface area contributed by atoms with Crippen molar-refractivity contribution in [3.05, 3.63) is 29.3 Å². The monoisotopic (exact) mass is 267 g/mol. The normalized spacial score (nSPS) is 23.6. The number of rotatable bonds is 2. The minimum Gasteiger partial charge on any atom is -0.508 e. The number of carbonyl (C=O) groups is 1. The highest BCUT2D eigenvalue weighted by molar-refractivity contribution is 7.85. The topological polar surface area (TPSA) is 66.4 Å². The van der Waals surface area contributed by atoms with Crippen molar-refractivity contribution in [2.75, 3.05) is 11.5 Å². The lowest BCUT2D eigenvalue weighted by Gasteiger charge is -2.22. The molecule has 1 amide bonds. The lowest BCUT2D eigenvalue weighted by atomic mass is 10.1. The first-order chi connectivity index (χ1) is 8.56. The van der Waals surface area contributed by atoms with E-state index in [-0.39, 0.29) is 17.7 Å². The fourth-order valence-corrected chi connectivity index (χ4v) is 3.40. The molecule has 0 atom stereocenters. The number of phenolic OH excluding ortho intramolecular Hbond substituents is 1. The van der Waals surface area contributed by atoms with E-state index in [1.807, 2.05) is 0 Å². The van der Waals surface area contributed by atoms with E-state index in [1.54, 1.807) is 19.1 Å². The molecule has 2 rings (SSSR count). The minimum absolute atomic E-state index is 0.114. The van der Waals surface area contributed by atoms with Crippen LogP contribution < -0.4 is 5.32 Å². The molecule has 1 fully saturated rings. The molecular weight excluding hydrogens is 250 g/mol. The van der Waals surface area contributed by atoms with Gasteiger partial charge in [-0.15, -0.1) is 0 Å². The van der Waals surface area contributed by atoms with E-state index in [2.05, 4.69) is 5.32 Å². The third kappa shape index (κ3) is 3.10. The van der Waals surface area contributed by atoms with Crippen molar-refractivity contribution in [3.63, 3.8) is 0 Å². The van der Waals surface area contributed by atoms with Crippen LogP contribution in [0.1, 0.15) is 28.8 Å². The molecule has 0 spiro atoms. The van der Waals surface area contributed by atoms with Crippen molar-refractivity contribution < 1.29 is 14.1 Å². The Hall–Kier alpha value is -1.36. The Balaban J connectivity index is 2.01. The van der Waals surface area contributed by atoms with E-state index >= 15 is 0 Å². The summed E-state index contributed by atoms with van der Waals surface area (Å²) in [6.07, 6.45) is 1.55. The van der Waals surface area contributed by atoms with Gasteiger partial charge in [-0.1, -0.05) is 0 Å². The zero-order valence-electron chi connectivity index (χ0n) is 10.3. The highest BCUT2D eigenvalue weighted by Gasteiger charge is 2.20. The van der Waals surface area contributed by atoms with Gasteiger partial charge in [0, 0.05) is 33.9 Å². The first-order valence-corrected chi connectivity index (χ1v) is 7.50. The number of phenols is 1. The molecule has 0 aliphatic carbocycles. The molecule has 18 heavy (non-hydrogen) atoms. The summed E-state index contributed by atoms with van der Waals surface area (Å²) in [6, 6.07) is 4.83. The zero-order valence-corrected chi connectivity index (χ0v) is 11.1. The van der Waals surface area contributed by atoms with Gasteiger partial charge in [0.05, 0.1) is 0 Å². The Morgan fingerprint density at radius 1 is 1.39 bits per heavy atom. The van der Waals surface area contributed by atoms with Crippen LogP contribution in [0.3, 0.4) is 0 Å². The molecule has 1 aromatic rings. The highest BCUT2D eigenvalue weighted by atomic mass is 32.2. The van der Waals surface area contributed by atoms with Gasteiger partial charge in [0.1, 0.15) is 5.75 Å². The predicted molar refractivity (Wildman–Crippen MR) is 71.2 cm³/mol. The van der Waals surface area contributed by atoms with E-state index in [1.165, 1.54) is 6.07 Å². The van der Waals surface area contributed by atoms with Crippen LogP contribution in [-0.2, 0) is 10.8 Å². The number of nitrogens with one attached hydrogen (secondary N) is 1. The van der Waals surface area contributed by atoms with Crippen LogP contribution in [0.15, 0.2) is 18.2 Å². The van der Waals surface area contributed by atoms with Crippen molar-refractivity contribution in [1.29, 1.82) is 0 Å². The zero-order chi connectivity index (χ0) is 13.1. The molecule has 0 radical (unpaired) electrons. The van der Waals surface area contributed by atoms with Gasteiger partial charge in [-0.25, -0.2) is 0 Å². The summed E-state index contributed by atoms with van der Waals surface area (Å²) < 4.78 is 11.2. The van der Waals surface area contributed by atoms with E-state index < -0.39 is 10.8 Å². The van der Waals surface area contributed by atoms with Crippen molar-refractivity contribution in [2.24, 2.45) is 0 Å². The van der Waals surface area contributed by atoms with Crippen LogP contribution in [-0.4, -0.2) is 32.8 Å². The fourth-order valence-electron chi connectivity index (χ4n) is 2.10.